The van der Waals surface area contributed by atoms with E-state index in [-0.39, 0.29) is 6.04 Å². The van der Waals surface area contributed by atoms with Gasteiger partial charge >= 0.3 is 0 Å². The van der Waals surface area contributed by atoms with Gasteiger partial charge in [-0.1, -0.05) is 55.3 Å². The van der Waals surface area contributed by atoms with E-state index < -0.39 is 10.0 Å². The molecular weight excluding hydrogens is 356 g/mol. The number of nitrogens with one attached hydrogen (secondary N) is 1. The maximum atomic E-state index is 13.0. The molecule has 27 heavy (non-hydrogen) atoms. The lowest BCUT2D eigenvalue weighted by Crippen LogP contribution is -2.33. The Bertz CT molecular complexity index is 854. The van der Waals surface area contributed by atoms with Gasteiger partial charge in [0.2, 0.25) is 10.0 Å². The molecule has 2 aromatic carbocycles. The third kappa shape index (κ3) is 4.60. The van der Waals surface area contributed by atoms with E-state index in [1.165, 1.54) is 35.6 Å². The molecule has 0 bridgehead atoms. The maximum Gasteiger partial charge on any atom is 0.243 e. The molecule has 0 radical (unpaired) electrons. The number of nitrogens with zero attached hydrogens (tertiary/aromatic N) is 1. The molecule has 0 heterocycles. The lowest BCUT2D eigenvalue weighted by molar-refractivity contribution is 0.411. The molecule has 4 nitrogen and oxygen atoms in total. The fourth-order valence-electron chi connectivity index (χ4n) is 3.56. The second-order valence-corrected chi connectivity index (χ2v) is 9.64. The Labute approximate surface area is 163 Å². The van der Waals surface area contributed by atoms with E-state index in [0.29, 0.717) is 10.9 Å². The van der Waals surface area contributed by atoms with Gasteiger partial charge < -0.3 is 5.32 Å². The van der Waals surface area contributed by atoms with Crippen LogP contribution in [0, 0.1) is 0 Å². The highest BCUT2D eigenvalue weighted by Crippen LogP contribution is 2.30. The fraction of sp³-hybridized carbons (Fsp3) is 0.455. The van der Waals surface area contributed by atoms with Crippen LogP contribution < -0.4 is 5.32 Å². The Morgan fingerprint density at radius 2 is 1.67 bits per heavy atom. The highest BCUT2D eigenvalue weighted by atomic mass is 32.2. The van der Waals surface area contributed by atoms with E-state index >= 15 is 0 Å². The zero-order valence-electron chi connectivity index (χ0n) is 16.5. The van der Waals surface area contributed by atoms with Crippen molar-refractivity contribution in [1.82, 2.24) is 9.62 Å². The van der Waals surface area contributed by atoms with Gasteiger partial charge in [-0.15, -0.1) is 0 Å². The molecule has 146 valence electrons. The van der Waals surface area contributed by atoms with Crippen LogP contribution in [0.4, 0.5) is 0 Å². The van der Waals surface area contributed by atoms with Crippen LogP contribution >= 0.6 is 0 Å². The summed E-state index contributed by atoms with van der Waals surface area (Å²) in [5, 5.41) is 3.62. The van der Waals surface area contributed by atoms with Gasteiger partial charge in [0, 0.05) is 31.2 Å². The van der Waals surface area contributed by atoms with Crippen LogP contribution in [0.5, 0.6) is 0 Å². The van der Waals surface area contributed by atoms with Crippen LogP contribution in [0.1, 0.15) is 45.1 Å². The molecule has 1 aliphatic rings. The molecule has 0 saturated heterocycles. The molecule has 0 spiro atoms. The summed E-state index contributed by atoms with van der Waals surface area (Å²) in [6.45, 7) is 4.62. The Hall–Kier alpha value is -1.69. The largest absolute Gasteiger partial charge is 0.310 e. The molecule has 1 fully saturated rings. The van der Waals surface area contributed by atoms with Crippen LogP contribution in [0.15, 0.2) is 53.4 Å². The van der Waals surface area contributed by atoms with Gasteiger partial charge in [-0.05, 0) is 43.9 Å². The fourth-order valence-corrected chi connectivity index (χ4v) is 5.14. The van der Waals surface area contributed by atoms with Crippen LogP contribution in [-0.4, -0.2) is 31.9 Å². The molecular formula is C22H30N2O2S. The summed E-state index contributed by atoms with van der Waals surface area (Å²) >= 11 is 0. The average Bonchev–Trinajstić information content (AvgIpc) is 3.19. The van der Waals surface area contributed by atoms with Gasteiger partial charge in [-0.25, -0.2) is 8.42 Å². The number of benzene rings is 2. The third-order valence-electron chi connectivity index (χ3n) is 5.49. The Morgan fingerprint density at radius 3 is 2.30 bits per heavy atom. The van der Waals surface area contributed by atoms with Gasteiger partial charge in [0.15, 0.2) is 0 Å². The molecule has 5 heteroatoms. The molecule has 1 aliphatic carbocycles. The van der Waals surface area contributed by atoms with Crippen molar-refractivity contribution in [3.05, 3.63) is 54.1 Å². The minimum Gasteiger partial charge on any atom is -0.310 e. The van der Waals surface area contributed by atoms with E-state index in [1.54, 1.807) is 19.2 Å². The molecule has 1 saturated carbocycles. The first-order valence-electron chi connectivity index (χ1n) is 9.79. The normalized spacial score (nSPS) is 15.7. The minimum atomic E-state index is -3.53. The highest BCUT2D eigenvalue weighted by Gasteiger charge is 2.26. The highest BCUT2D eigenvalue weighted by molar-refractivity contribution is 7.89. The standard InChI is InChI=1S/C22H30N2O2S/c1-17(2)24(3)27(25,26)22-11-7-6-10-21(22)19-14-12-18(13-15-19)16-23-20-8-4-5-9-20/h6-7,10-15,17,20,23H,4-5,8-9,16H2,1-3H3. The van der Waals surface area contributed by atoms with E-state index in [4.69, 9.17) is 0 Å². The molecule has 3 rings (SSSR count). The third-order valence-corrected chi connectivity index (χ3v) is 7.58. The summed E-state index contributed by atoms with van der Waals surface area (Å²) in [6, 6.07) is 16.0. The Morgan fingerprint density at radius 1 is 1.04 bits per heavy atom. The topological polar surface area (TPSA) is 49.4 Å². The number of rotatable bonds is 7. The van der Waals surface area contributed by atoms with E-state index in [1.807, 2.05) is 38.1 Å². The van der Waals surface area contributed by atoms with Crippen LogP contribution in [0.3, 0.4) is 0 Å². The molecule has 1 N–H and O–H groups in total. The summed E-state index contributed by atoms with van der Waals surface area (Å²) in [4.78, 5) is 0.359. The zero-order chi connectivity index (χ0) is 19.4. The molecule has 0 unspecified atom stereocenters. The first-order valence-corrected chi connectivity index (χ1v) is 11.2. The number of hydrogen-bond acceptors (Lipinski definition) is 3. The predicted molar refractivity (Wildman–Crippen MR) is 111 cm³/mol. The predicted octanol–water partition coefficient (Wildman–Crippen LogP) is 4.41. The molecule has 0 aliphatic heterocycles. The average molecular weight is 387 g/mol. The van der Waals surface area contributed by atoms with Crippen molar-refractivity contribution in [1.29, 1.82) is 0 Å². The van der Waals surface area contributed by atoms with Crippen molar-refractivity contribution < 1.29 is 8.42 Å². The van der Waals surface area contributed by atoms with E-state index in [9.17, 15) is 8.42 Å². The molecule has 2 aromatic rings. The summed E-state index contributed by atoms with van der Waals surface area (Å²) in [5.74, 6) is 0. The van der Waals surface area contributed by atoms with Crippen molar-refractivity contribution in [2.45, 2.75) is 63.1 Å². The SMILES string of the molecule is CC(C)N(C)S(=O)(=O)c1ccccc1-c1ccc(CNC2CCCC2)cc1. The second kappa shape index (κ2) is 8.55. The minimum absolute atomic E-state index is 0.0907. The number of sulfonamides is 1. The smallest absolute Gasteiger partial charge is 0.243 e. The summed E-state index contributed by atoms with van der Waals surface area (Å²) in [7, 11) is -1.89. The second-order valence-electron chi connectivity index (χ2n) is 7.67. The molecule has 0 aromatic heterocycles. The maximum absolute atomic E-state index is 13.0. The summed E-state index contributed by atoms with van der Waals surface area (Å²) in [6.07, 6.45) is 5.19. The quantitative estimate of drug-likeness (QED) is 0.766. The van der Waals surface area contributed by atoms with Gasteiger partial charge in [0.1, 0.15) is 0 Å². The van der Waals surface area contributed by atoms with Crippen LogP contribution in [0.2, 0.25) is 0 Å². The lowest BCUT2D eigenvalue weighted by Gasteiger charge is -2.22. The molecule has 0 atom stereocenters. The van der Waals surface area contributed by atoms with E-state index in [2.05, 4.69) is 17.4 Å². The van der Waals surface area contributed by atoms with Crippen molar-refractivity contribution in [3.8, 4) is 11.1 Å². The molecule has 0 amide bonds. The number of hydrogen-bond donors (Lipinski definition) is 1. The Balaban J connectivity index is 1.82. The van der Waals surface area contributed by atoms with Crippen molar-refractivity contribution >= 4 is 10.0 Å². The van der Waals surface area contributed by atoms with Crippen molar-refractivity contribution in [2.24, 2.45) is 0 Å². The van der Waals surface area contributed by atoms with Crippen LogP contribution in [0.25, 0.3) is 11.1 Å². The first kappa shape index (κ1) is 20.1. The van der Waals surface area contributed by atoms with Gasteiger partial charge in [-0.3, -0.25) is 0 Å². The zero-order valence-corrected chi connectivity index (χ0v) is 17.3. The Kier molecular flexibility index (Phi) is 6.35. The van der Waals surface area contributed by atoms with Crippen molar-refractivity contribution in [3.63, 3.8) is 0 Å². The van der Waals surface area contributed by atoms with Gasteiger partial charge in [-0.2, -0.15) is 4.31 Å². The van der Waals surface area contributed by atoms with Crippen molar-refractivity contribution in [2.75, 3.05) is 7.05 Å². The first-order chi connectivity index (χ1) is 12.9. The van der Waals surface area contributed by atoms with Crippen LogP contribution in [-0.2, 0) is 16.6 Å². The van der Waals surface area contributed by atoms with Gasteiger partial charge in [0.05, 0.1) is 4.90 Å². The summed E-state index contributed by atoms with van der Waals surface area (Å²) < 4.78 is 27.4. The van der Waals surface area contributed by atoms with E-state index in [0.717, 1.165) is 17.7 Å². The summed E-state index contributed by atoms with van der Waals surface area (Å²) in [5.41, 5.74) is 2.90. The van der Waals surface area contributed by atoms with Gasteiger partial charge in [0.25, 0.3) is 0 Å². The lowest BCUT2D eigenvalue weighted by atomic mass is 10.0. The monoisotopic (exact) mass is 386 g/mol.